The summed E-state index contributed by atoms with van der Waals surface area (Å²) < 4.78 is 0. The van der Waals surface area contributed by atoms with Crippen LogP contribution in [0.3, 0.4) is 0 Å². The summed E-state index contributed by atoms with van der Waals surface area (Å²) in [5.41, 5.74) is 0. The van der Waals surface area contributed by atoms with Crippen LogP contribution in [0.1, 0.15) is 13.3 Å². The maximum atomic E-state index is 12.6. The number of carboxylic acids is 1. The second-order valence-electron chi connectivity index (χ2n) is 5.56. The molecule has 21 heavy (non-hydrogen) atoms. The third-order valence-corrected chi connectivity index (χ3v) is 4.23. The Hall–Kier alpha value is -1.83. The minimum absolute atomic E-state index is 0.0368. The van der Waals surface area contributed by atoms with E-state index in [9.17, 15) is 19.5 Å². The Morgan fingerprint density at radius 2 is 2.10 bits per heavy atom. The number of hydrogen-bond acceptors (Lipinski definition) is 4. The van der Waals surface area contributed by atoms with Crippen LogP contribution in [0.25, 0.3) is 0 Å². The Labute approximate surface area is 123 Å². The largest absolute Gasteiger partial charge is 0.480 e. The summed E-state index contributed by atoms with van der Waals surface area (Å²) in [5, 5.41) is 11.7. The van der Waals surface area contributed by atoms with Gasteiger partial charge in [-0.3, -0.25) is 14.6 Å². The van der Waals surface area contributed by atoms with Crippen LogP contribution in [0.5, 0.6) is 0 Å². The predicted octanol–water partition coefficient (Wildman–Crippen LogP) is -0.983. The van der Waals surface area contributed by atoms with E-state index in [0.29, 0.717) is 13.1 Å². The molecule has 118 valence electrons. The van der Waals surface area contributed by atoms with Crippen molar-refractivity contribution in [3.05, 3.63) is 0 Å². The Bertz CT molecular complexity index is 442. The van der Waals surface area contributed by atoms with Crippen molar-refractivity contribution in [1.29, 1.82) is 0 Å². The third kappa shape index (κ3) is 3.26. The average molecular weight is 298 g/mol. The first-order chi connectivity index (χ1) is 9.93. The molecule has 2 fully saturated rings. The number of rotatable bonds is 2. The van der Waals surface area contributed by atoms with Crippen LogP contribution in [0.2, 0.25) is 0 Å². The van der Waals surface area contributed by atoms with Crippen molar-refractivity contribution >= 4 is 17.9 Å². The molecule has 0 saturated carbocycles. The van der Waals surface area contributed by atoms with Gasteiger partial charge in [0.25, 0.3) is 0 Å². The number of carbonyl (C=O) groups excluding carboxylic acids is 2. The fourth-order valence-electron chi connectivity index (χ4n) is 2.81. The van der Waals surface area contributed by atoms with Gasteiger partial charge in [0.1, 0.15) is 12.6 Å². The molecule has 2 aliphatic heterocycles. The molecule has 2 atom stereocenters. The summed E-state index contributed by atoms with van der Waals surface area (Å²) in [6.45, 7) is 3.70. The first-order valence-corrected chi connectivity index (χ1v) is 7.19. The van der Waals surface area contributed by atoms with Gasteiger partial charge < -0.3 is 15.3 Å². The normalized spacial score (nSPS) is 27.4. The SMILES string of the molecule is CCC1CN(C(=O)N2CC(=O)NCC2C(=O)O)CCN1C. The lowest BCUT2D eigenvalue weighted by molar-refractivity contribution is -0.144. The number of aliphatic carboxylic acids is 1. The Kier molecular flexibility index (Phi) is 4.66. The van der Waals surface area contributed by atoms with Crippen LogP contribution in [-0.4, -0.2) is 89.6 Å². The Morgan fingerprint density at radius 3 is 2.71 bits per heavy atom. The Balaban J connectivity index is 2.09. The van der Waals surface area contributed by atoms with Crippen molar-refractivity contribution in [3.8, 4) is 0 Å². The molecule has 0 radical (unpaired) electrons. The zero-order valence-electron chi connectivity index (χ0n) is 12.4. The van der Waals surface area contributed by atoms with E-state index in [-0.39, 0.29) is 31.1 Å². The molecule has 8 nitrogen and oxygen atoms in total. The van der Waals surface area contributed by atoms with Crippen molar-refractivity contribution in [1.82, 2.24) is 20.0 Å². The molecule has 2 unspecified atom stereocenters. The van der Waals surface area contributed by atoms with Gasteiger partial charge in [0.05, 0.1) is 0 Å². The monoisotopic (exact) mass is 298 g/mol. The summed E-state index contributed by atoms with van der Waals surface area (Å²) in [6.07, 6.45) is 0.920. The summed E-state index contributed by atoms with van der Waals surface area (Å²) in [6, 6.07) is -1.08. The van der Waals surface area contributed by atoms with Gasteiger partial charge >= 0.3 is 12.0 Å². The lowest BCUT2D eigenvalue weighted by atomic mass is 10.1. The lowest BCUT2D eigenvalue weighted by Crippen LogP contribution is -2.64. The summed E-state index contributed by atoms with van der Waals surface area (Å²) in [5.74, 6) is -1.41. The zero-order chi connectivity index (χ0) is 15.6. The minimum Gasteiger partial charge on any atom is -0.480 e. The van der Waals surface area contributed by atoms with Crippen LogP contribution >= 0.6 is 0 Å². The number of piperazine rings is 2. The molecule has 8 heteroatoms. The van der Waals surface area contributed by atoms with Crippen LogP contribution in [0.15, 0.2) is 0 Å². The summed E-state index contributed by atoms with van der Waals surface area (Å²) in [4.78, 5) is 40.3. The number of urea groups is 1. The van der Waals surface area contributed by atoms with Gasteiger partial charge in [-0.1, -0.05) is 6.92 Å². The molecule has 2 heterocycles. The van der Waals surface area contributed by atoms with Gasteiger partial charge in [-0.15, -0.1) is 0 Å². The van der Waals surface area contributed by atoms with E-state index in [0.717, 1.165) is 13.0 Å². The van der Waals surface area contributed by atoms with Gasteiger partial charge in [-0.2, -0.15) is 0 Å². The van der Waals surface area contributed by atoms with E-state index >= 15 is 0 Å². The second kappa shape index (κ2) is 6.30. The van der Waals surface area contributed by atoms with Crippen LogP contribution < -0.4 is 5.32 Å². The first-order valence-electron chi connectivity index (χ1n) is 7.19. The van der Waals surface area contributed by atoms with Crippen molar-refractivity contribution in [3.63, 3.8) is 0 Å². The fourth-order valence-corrected chi connectivity index (χ4v) is 2.81. The molecule has 2 N–H and O–H groups in total. The van der Waals surface area contributed by atoms with E-state index in [1.165, 1.54) is 4.90 Å². The zero-order valence-corrected chi connectivity index (χ0v) is 12.4. The molecule has 0 spiro atoms. The standard InChI is InChI=1S/C13H22N4O4/c1-3-9-7-16(5-4-15(9)2)13(21)17-8-11(18)14-6-10(17)12(19)20/h9-10H,3-8H2,1-2H3,(H,14,18)(H,19,20). The Morgan fingerprint density at radius 1 is 1.38 bits per heavy atom. The van der Waals surface area contributed by atoms with Gasteiger partial charge in [-0.25, -0.2) is 9.59 Å². The number of nitrogens with one attached hydrogen (secondary N) is 1. The highest BCUT2D eigenvalue weighted by molar-refractivity contribution is 5.90. The van der Waals surface area contributed by atoms with E-state index in [1.54, 1.807) is 4.90 Å². The number of likely N-dealkylation sites (N-methyl/N-ethyl adjacent to an activating group) is 1. The molecule has 0 aromatic rings. The van der Waals surface area contributed by atoms with Gasteiger partial charge in [-0.05, 0) is 13.5 Å². The highest BCUT2D eigenvalue weighted by Crippen LogP contribution is 2.15. The van der Waals surface area contributed by atoms with Crippen molar-refractivity contribution < 1.29 is 19.5 Å². The highest BCUT2D eigenvalue weighted by atomic mass is 16.4. The van der Waals surface area contributed by atoms with Crippen molar-refractivity contribution in [2.24, 2.45) is 0 Å². The van der Waals surface area contributed by atoms with Gasteiger partial charge in [0, 0.05) is 32.2 Å². The predicted molar refractivity (Wildman–Crippen MR) is 74.8 cm³/mol. The molecular formula is C13H22N4O4. The number of amides is 3. The molecule has 2 saturated heterocycles. The van der Waals surface area contributed by atoms with Crippen LogP contribution in [-0.2, 0) is 9.59 Å². The smallest absolute Gasteiger partial charge is 0.328 e. The first kappa shape index (κ1) is 15.6. The molecule has 2 rings (SSSR count). The molecule has 0 aliphatic carbocycles. The van der Waals surface area contributed by atoms with Gasteiger partial charge in [0.2, 0.25) is 5.91 Å². The molecule has 0 aromatic carbocycles. The lowest BCUT2D eigenvalue weighted by Gasteiger charge is -2.42. The van der Waals surface area contributed by atoms with Crippen LogP contribution in [0.4, 0.5) is 4.79 Å². The minimum atomic E-state index is -1.09. The molecular weight excluding hydrogens is 276 g/mol. The topological polar surface area (TPSA) is 93.2 Å². The van der Waals surface area contributed by atoms with E-state index in [1.807, 2.05) is 7.05 Å². The third-order valence-electron chi connectivity index (χ3n) is 4.23. The van der Waals surface area contributed by atoms with Gasteiger partial charge in [0.15, 0.2) is 0 Å². The van der Waals surface area contributed by atoms with Crippen molar-refractivity contribution in [2.75, 3.05) is 39.8 Å². The molecule has 0 aromatic heterocycles. The van der Waals surface area contributed by atoms with Crippen molar-refractivity contribution in [2.45, 2.75) is 25.4 Å². The second-order valence-corrected chi connectivity index (χ2v) is 5.56. The van der Waals surface area contributed by atoms with E-state index in [2.05, 4.69) is 17.1 Å². The molecule has 3 amide bonds. The fraction of sp³-hybridized carbons (Fsp3) is 0.769. The highest BCUT2D eigenvalue weighted by Gasteiger charge is 2.38. The number of nitrogens with zero attached hydrogens (tertiary/aromatic N) is 3. The van der Waals surface area contributed by atoms with E-state index < -0.39 is 12.0 Å². The average Bonchev–Trinajstić information content (AvgIpc) is 2.46. The summed E-state index contributed by atoms with van der Waals surface area (Å²) in [7, 11) is 2.02. The van der Waals surface area contributed by atoms with E-state index in [4.69, 9.17) is 0 Å². The number of carbonyl (C=O) groups is 3. The quantitative estimate of drug-likeness (QED) is 0.683. The molecule has 0 bridgehead atoms. The number of carboxylic acid groups (broad SMARTS) is 1. The summed E-state index contributed by atoms with van der Waals surface area (Å²) >= 11 is 0. The molecule has 2 aliphatic rings. The maximum absolute atomic E-state index is 12.6. The number of hydrogen-bond donors (Lipinski definition) is 2. The van der Waals surface area contributed by atoms with Crippen LogP contribution in [0, 0.1) is 0 Å². The maximum Gasteiger partial charge on any atom is 0.328 e.